The van der Waals surface area contributed by atoms with E-state index >= 15 is 0 Å². The molecule has 20 heavy (non-hydrogen) atoms. The first-order valence-electron chi connectivity index (χ1n) is 6.74. The summed E-state index contributed by atoms with van der Waals surface area (Å²) in [5.41, 5.74) is 5.21. The summed E-state index contributed by atoms with van der Waals surface area (Å²) in [6, 6.07) is 8.26. The van der Waals surface area contributed by atoms with E-state index in [-0.39, 0.29) is 0 Å². The Morgan fingerprint density at radius 1 is 1.20 bits per heavy atom. The van der Waals surface area contributed by atoms with Crippen LogP contribution in [0.25, 0.3) is 16.9 Å². The van der Waals surface area contributed by atoms with Gasteiger partial charge in [-0.1, -0.05) is 18.2 Å². The molecule has 0 aliphatic carbocycles. The van der Waals surface area contributed by atoms with Crippen molar-refractivity contribution in [1.82, 2.24) is 19.3 Å². The summed E-state index contributed by atoms with van der Waals surface area (Å²) in [5, 5.41) is 4.55. The van der Waals surface area contributed by atoms with E-state index in [2.05, 4.69) is 40.6 Å². The van der Waals surface area contributed by atoms with Gasteiger partial charge in [0.15, 0.2) is 5.65 Å². The van der Waals surface area contributed by atoms with Crippen LogP contribution in [0.2, 0.25) is 0 Å². The second kappa shape index (κ2) is 4.94. The van der Waals surface area contributed by atoms with E-state index in [1.54, 1.807) is 0 Å². The van der Waals surface area contributed by atoms with Gasteiger partial charge in [0.25, 0.3) is 0 Å². The first-order valence-corrected chi connectivity index (χ1v) is 7.27. The molecule has 0 saturated carbocycles. The summed E-state index contributed by atoms with van der Waals surface area (Å²) in [6.07, 6.45) is 0. The van der Waals surface area contributed by atoms with Gasteiger partial charge in [0.2, 0.25) is 0 Å². The van der Waals surface area contributed by atoms with Crippen LogP contribution in [-0.4, -0.2) is 19.3 Å². The lowest BCUT2D eigenvalue weighted by Gasteiger charge is -2.11. The van der Waals surface area contributed by atoms with Crippen LogP contribution in [0.15, 0.2) is 24.3 Å². The number of aryl methyl sites for hydroxylation is 3. The third-order valence-electron chi connectivity index (χ3n) is 3.56. The first-order chi connectivity index (χ1) is 9.67. The van der Waals surface area contributed by atoms with Crippen LogP contribution < -0.4 is 0 Å². The number of para-hydroxylation sites is 1. The molecule has 0 amide bonds. The van der Waals surface area contributed by atoms with Crippen LogP contribution in [0.3, 0.4) is 0 Å². The van der Waals surface area contributed by atoms with Gasteiger partial charge in [-0.05, 0) is 32.4 Å². The molecule has 104 valence electrons. The molecular formula is C15H17ClN4. The highest BCUT2D eigenvalue weighted by atomic mass is 35.5. The Hall–Kier alpha value is -1.81. The number of nitrogens with zero attached hydrogens (tertiary/aromatic N) is 4. The highest BCUT2D eigenvalue weighted by Gasteiger charge is 2.19. The summed E-state index contributed by atoms with van der Waals surface area (Å²) < 4.78 is 4.11. The number of aromatic nitrogens is 4. The zero-order valence-corrected chi connectivity index (χ0v) is 12.6. The van der Waals surface area contributed by atoms with Crippen molar-refractivity contribution in [2.75, 3.05) is 0 Å². The van der Waals surface area contributed by atoms with Crippen LogP contribution >= 0.6 is 11.6 Å². The number of hydrogen-bond acceptors (Lipinski definition) is 2. The van der Waals surface area contributed by atoms with E-state index in [1.807, 2.05) is 23.7 Å². The predicted molar refractivity (Wildman–Crippen MR) is 81.6 cm³/mol. The maximum absolute atomic E-state index is 6.10. The smallest absolute Gasteiger partial charge is 0.163 e. The molecule has 4 nitrogen and oxygen atoms in total. The number of fused-ring (bicyclic) bond motifs is 1. The van der Waals surface area contributed by atoms with Crippen molar-refractivity contribution in [3.8, 4) is 5.69 Å². The minimum absolute atomic E-state index is 0.381. The molecule has 0 aliphatic heterocycles. The van der Waals surface area contributed by atoms with Crippen molar-refractivity contribution in [1.29, 1.82) is 0 Å². The van der Waals surface area contributed by atoms with E-state index in [0.717, 1.165) is 34.9 Å². The van der Waals surface area contributed by atoms with Gasteiger partial charge in [-0.2, -0.15) is 5.10 Å². The lowest BCUT2D eigenvalue weighted by molar-refractivity contribution is 0.660. The Balaban J connectivity index is 2.41. The van der Waals surface area contributed by atoms with Crippen LogP contribution in [0.1, 0.15) is 24.0 Å². The molecule has 0 N–H and O–H groups in total. The Bertz CT molecular complexity index is 770. The molecule has 3 aromatic rings. The fourth-order valence-corrected chi connectivity index (χ4v) is 2.77. The fourth-order valence-electron chi connectivity index (χ4n) is 2.59. The molecule has 3 rings (SSSR count). The van der Waals surface area contributed by atoms with E-state index in [4.69, 9.17) is 11.6 Å². The van der Waals surface area contributed by atoms with Gasteiger partial charge in [0.05, 0.1) is 17.3 Å². The number of hydrogen-bond donors (Lipinski definition) is 0. The predicted octanol–water partition coefficient (Wildman–Crippen LogP) is 3.60. The number of rotatable bonds is 3. The van der Waals surface area contributed by atoms with Crippen molar-refractivity contribution >= 4 is 22.8 Å². The van der Waals surface area contributed by atoms with Crippen molar-refractivity contribution in [2.45, 2.75) is 33.2 Å². The molecule has 0 atom stereocenters. The standard InChI is InChI=1S/C15H17ClN4/c1-4-19-15-14(11(3)18-19)17-13(9-16)20(15)12-8-6-5-7-10(12)2/h5-8H,4,9H2,1-3H3. The van der Waals surface area contributed by atoms with Crippen LogP contribution in [-0.2, 0) is 12.4 Å². The fraction of sp³-hybridized carbons (Fsp3) is 0.333. The van der Waals surface area contributed by atoms with Gasteiger partial charge in [-0.3, -0.25) is 4.57 Å². The molecule has 0 aliphatic rings. The van der Waals surface area contributed by atoms with Gasteiger partial charge >= 0.3 is 0 Å². The second-order valence-corrected chi connectivity index (χ2v) is 5.12. The quantitative estimate of drug-likeness (QED) is 0.690. The van der Waals surface area contributed by atoms with Crippen molar-refractivity contribution in [2.24, 2.45) is 0 Å². The van der Waals surface area contributed by atoms with Gasteiger partial charge in [-0.25, -0.2) is 9.67 Å². The third-order valence-corrected chi connectivity index (χ3v) is 3.79. The monoisotopic (exact) mass is 288 g/mol. The molecule has 0 spiro atoms. The van der Waals surface area contributed by atoms with Crippen LogP contribution in [0, 0.1) is 13.8 Å². The van der Waals surface area contributed by atoms with Crippen LogP contribution in [0.5, 0.6) is 0 Å². The lowest BCUT2D eigenvalue weighted by atomic mass is 10.2. The summed E-state index contributed by atoms with van der Waals surface area (Å²) in [4.78, 5) is 4.66. The van der Waals surface area contributed by atoms with E-state index in [1.165, 1.54) is 5.56 Å². The average molecular weight is 289 g/mol. The summed E-state index contributed by atoms with van der Waals surface area (Å²) in [5.74, 6) is 1.24. The van der Waals surface area contributed by atoms with E-state index in [0.29, 0.717) is 5.88 Å². The Labute approximate surface area is 123 Å². The zero-order valence-electron chi connectivity index (χ0n) is 11.9. The number of imidazole rings is 1. The molecule has 5 heteroatoms. The number of benzene rings is 1. The molecule has 0 fully saturated rings. The van der Waals surface area contributed by atoms with E-state index < -0.39 is 0 Å². The third kappa shape index (κ3) is 1.83. The lowest BCUT2D eigenvalue weighted by Crippen LogP contribution is -2.07. The molecule has 0 bridgehead atoms. The molecule has 0 radical (unpaired) electrons. The maximum atomic E-state index is 6.10. The second-order valence-electron chi connectivity index (χ2n) is 4.86. The Morgan fingerprint density at radius 3 is 2.60 bits per heavy atom. The number of halogens is 1. The average Bonchev–Trinajstić information content (AvgIpc) is 2.97. The number of alkyl halides is 1. The Morgan fingerprint density at radius 2 is 1.95 bits per heavy atom. The molecule has 0 unspecified atom stereocenters. The minimum atomic E-state index is 0.381. The van der Waals surface area contributed by atoms with Crippen molar-refractivity contribution in [3.05, 3.63) is 41.3 Å². The molecule has 2 heterocycles. The highest BCUT2D eigenvalue weighted by Crippen LogP contribution is 2.26. The topological polar surface area (TPSA) is 35.6 Å². The zero-order chi connectivity index (χ0) is 14.3. The Kier molecular flexibility index (Phi) is 3.26. The summed E-state index contributed by atoms with van der Waals surface area (Å²) in [6.45, 7) is 6.98. The van der Waals surface area contributed by atoms with Gasteiger partial charge < -0.3 is 0 Å². The highest BCUT2D eigenvalue weighted by molar-refractivity contribution is 6.17. The molecular weight excluding hydrogens is 272 g/mol. The molecule has 1 aromatic carbocycles. The summed E-state index contributed by atoms with van der Waals surface area (Å²) >= 11 is 6.10. The summed E-state index contributed by atoms with van der Waals surface area (Å²) in [7, 11) is 0. The van der Waals surface area contributed by atoms with Gasteiger partial charge in [0.1, 0.15) is 11.3 Å². The van der Waals surface area contributed by atoms with Crippen molar-refractivity contribution < 1.29 is 0 Å². The van der Waals surface area contributed by atoms with Crippen molar-refractivity contribution in [3.63, 3.8) is 0 Å². The SMILES string of the molecule is CCn1nc(C)c2nc(CCl)n(-c3ccccc3C)c21. The van der Waals surface area contributed by atoms with Gasteiger partial charge in [0, 0.05) is 6.54 Å². The van der Waals surface area contributed by atoms with E-state index in [9.17, 15) is 0 Å². The van der Waals surface area contributed by atoms with Crippen LogP contribution in [0.4, 0.5) is 0 Å². The molecule has 0 saturated heterocycles. The molecule has 2 aromatic heterocycles. The largest absolute Gasteiger partial charge is 0.280 e. The maximum Gasteiger partial charge on any atom is 0.163 e. The first kappa shape index (κ1) is 13.2. The van der Waals surface area contributed by atoms with Gasteiger partial charge in [-0.15, -0.1) is 11.6 Å². The normalized spacial score (nSPS) is 11.4. The minimum Gasteiger partial charge on any atom is -0.280 e.